The van der Waals surface area contributed by atoms with Gasteiger partial charge in [-0.1, -0.05) is 91.7 Å². The second-order valence-corrected chi connectivity index (χ2v) is 11.9. The summed E-state index contributed by atoms with van der Waals surface area (Å²) in [5, 5.41) is 14.6. The number of ether oxygens (including phenoxy) is 5. The summed E-state index contributed by atoms with van der Waals surface area (Å²) < 4.78 is 26.6. The molecule has 300 valence electrons. The average Bonchev–Trinajstić information content (AvgIpc) is 3.50. The van der Waals surface area contributed by atoms with Gasteiger partial charge >= 0.3 is 12.1 Å². The number of para-hydroxylation sites is 1. The van der Waals surface area contributed by atoms with Gasteiger partial charge in [0.15, 0.2) is 29.7 Å². The Morgan fingerprint density at radius 3 is 2.43 bits per heavy atom. The van der Waals surface area contributed by atoms with Crippen molar-refractivity contribution < 1.29 is 48.0 Å². The number of imidazole rings is 1. The smallest absolute Gasteiger partial charge is 0.468 e. The number of hydrazone groups is 1. The van der Waals surface area contributed by atoms with Crippen LogP contribution in [0.3, 0.4) is 0 Å². The number of hydrazine groups is 1. The van der Waals surface area contributed by atoms with Gasteiger partial charge in [-0.3, -0.25) is 4.79 Å². The van der Waals surface area contributed by atoms with E-state index in [4.69, 9.17) is 42.1 Å². The molecule has 0 aliphatic rings. The number of esters is 1. The topological polar surface area (TPSA) is 235 Å². The molecule has 0 aliphatic carbocycles. The third kappa shape index (κ3) is 13.6. The standard InChI is InChI=1S/C34H38ClN7O9.C3H6O2/c1-4-5-14-29-38-31(35)30(33(43)50-22(2)47-3)40(29)19-23-15-17-24(18-16-23)26-11-7-8-12-27(26)32(36)39-41(37)21-48-34(44)51-28-13-9-6-10-25(28)20-49-42(45)46;1-2-5-3-4/h6-13,15-18,22H,4-5,14,19-21,37H2,1-3H3,(H2,36,39);3H,2H2,1H3. The van der Waals surface area contributed by atoms with Gasteiger partial charge in [0.1, 0.15) is 18.2 Å². The van der Waals surface area contributed by atoms with E-state index in [9.17, 15) is 24.5 Å². The fourth-order valence-corrected chi connectivity index (χ4v) is 5.19. The second-order valence-electron chi connectivity index (χ2n) is 11.5. The van der Waals surface area contributed by atoms with Gasteiger partial charge in [0, 0.05) is 31.2 Å². The van der Waals surface area contributed by atoms with Crippen LogP contribution in [0.15, 0.2) is 77.9 Å². The number of carbonyl (C=O) groups is 3. The number of halogens is 1. The number of amidine groups is 1. The number of aromatic nitrogens is 2. The summed E-state index contributed by atoms with van der Waals surface area (Å²) in [7, 11) is 1.44. The van der Waals surface area contributed by atoms with Crippen LogP contribution in [0.2, 0.25) is 5.15 Å². The molecule has 3 aromatic carbocycles. The van der Waals surface area contributed by atoms with Gasteiger partial charge < -0.3 is 38.8 Å². The Morgan fingerprint density at radius 1 is 1.09 bits per heavy atom. The molecule has 1 unspecified atom stereocenters. The van der Waals surface area contributed by atoms with Crippen LogP contribution >= 0.6 is 11.6 Å². The number of hydrogen-bond donors (Lipinski definition) is 2. The van der Waals surface area contributed by atoms with Crippen molar-refractivity contribution in [2.45, 2.75) is 59.5 Å². The highest BCUT2D eigenvalue weighted by Gasteiger charge is 2.25. The number of hydrogen-bond acceptors (Lipinski definition) is 15. The van der Waals surface area contributed by atoms with E-state index in [1.165, 1.54) is 19.2 Å². The Bertz CT molecular complexity index is 1940. The predicted octanol–water partition coefficient (Wildman–Crippen LogP) is 5.60. The highest BCUT2D eigenvalue weighted by Crippen LogP contribution is 2.27. The van der Waals surface area contributed by atoms with E-state index < -0.39 is 36.8 Å². The largest absolute Gasteiger partial charge is 0.515 e. The van der Waals surface area contributed by atoms with Crippen molar-refractivity contribution in [3.63, 3.8) is 0 Å². The normalized spacial score (nSPS) is 11.4. The highest BCUT2D eigenvalue weighted by molar-refractivity contribution is 6.32. The van der Waals surface area contributed by atoms with Crippen molar-refractivity contribution in [2.24, 2.45) is 16.7 Å². The lowest BCUT2D eigenvalue weighted by atomic mass is 9.98. The molecule has 0 radical (unpaired) electrons. The molecule has 4 aromatic rings. The molecular weight excluding hydrogens is 754 g/mol. The molecule has 0 saturated carbocycles. The molecule has 0 bridgehead atoms. The minimum Gasteiger partial charge on any atom is -0.468 e. The molecule has 19 heteroatoms. The quantitative estimate of drug-likeness (QED) is 0.0112. The number of rotatable bonds is 19. The molecule has 1 heterocycles. The number of aryl methyl sites for hydroxylation is 1. The van der Waals surface area contributed by atoms with Crippen molar-refractivity contribution in [1.82, 2.24) is 14.7 Å². The van der Waals surface area contributed by atoms with Gasteiger partial charge in [-0.15, -0.1) is 15.2 Å². The summed E-state index contributed by atoms with van der Waals surface area (Å²) in [6.07, 6.45) is 0.545. The van der Waals surface area contributed by atoms with E-state index >= 15 is 0 Å². The summed E-state index contributed by atoms with van der Waals surface area (Å²) >= 11 is 6.44. The van der Waals surface area contributed by atoms with Gasteiger partial charge in [-0.2, -0.15) is 5.12 Å². The first-order chi connectivity index (χ1) is 26.9. The summed E-state index contributed by atoms with van der Waals surface area (Å²) in [5.74, 6) is 6.04. The first kappa shape index (κ1) is 44.2. The van der Waals surface area contributed by atoms with Crippen LogP contribution in [0.4, 0.5) is 4.79 Å². The number of methoxy groups -OCH3 is 1. The molecule has 0 aliphatic heterocycles. The molecule has 0 fully saturated rings. The van der Waals surface area contributed by atoms with Gasteiger partial charge in [-0.05, 0) is 43.0 Å². The van der Waals surface area contributed by atoms with E-state index in [0.29, 0.717) is 37.4 Å². The van der Waals surface area contributed by atoms with Crippen LogP contribution in [0.25, 0.3) is 11.1 Å². The van der Waals surface area contributed by atoms with Crippen LogP contribution < -0.4 is 16.3 Å². The third-order valence-electron chi connectivity index (χ3n) is 7.64. The van der Waals surface area contributed by atoms with Crippen LogP contribution in [-0.4, -0.2) is 70.9 Å². The monoisotopic (exact) mass is 797 g/mol. The highest BCUT2D eigenvalue weighted by atomic mass is 35.5. The average molecular weight is 798 g/mol. The van der Waals surface area contributed by atoms with E-state index in [0.717, 1.165) is 34.6 Å². The Hall–Kier alpha value is -6.24. The van der Waals surface area contributed by atoms with Crippen LogP contribution in [-0.2, 0) is 48.2 Å². The Morgan fingerprint density at radius 2 is 1.79 bits per heavy atom. The molecule has 0 spiro atoms. The lowest BCUT2D eigenvalue weighted by molar-refractivity contribution is -0.763. The van der Waals surface area contributed by atoms with Crippen molar-refractivity contribution in [3.05, 3.63) is 116 Å². The zero-order valence-electron chi connectivity index (χ0n) is 31.3. The maximum atomic E-state index is 13.0. The number of benzene rings is 3. The number of nitrogens with two attached hydrogens (primary N) is 2. The summed E-state index contributed by atoms with van der Waals surface area (Å²) in [6.45, 7) is 5.71. The fourth-order valence-electron chi connectivity index (χ4n) is 4.91. The van der Waals surface area contributed by atoms with Crippen LogP contribution in [0.1, 0.15) is 66.6 Å². The van der Waals surface area contributed by atoms with Gasteiger partial charge in [-0.25, -0.2) is 20.4 Å². The zero-order valence-corrected chi connectivity index (χ0v) is 32.0. The second kappa shape index (κ2) is 22.9. The molecule has 0 amide bonds. The first-order valence-electron chi connectivity index (χ1n) is 17.2. The van der Waals surface area contributed by atoms with Crippen molar-refractivity contribution in [2.75, 3.05) is 20.4 Å². The maximum absolute atomic E-state index is 13.0. The molecule has 56 heavy (non-hydrogen) atoms. The van der Waals surface area contributed by atoms with Gasteiger partial charge in [0.25, 0.3) is 11.6 Å². The number of unbranched alkanes of at least 4 members (excludes halogenated alkanes) is 1. The molecule has 18 nitrogen and oxygen atoms in total. The van der Waals surface area contributed by atoms with E-state index in [2.05, 4.69) is 26.6 Å². The fraction of sp³-hybridized carbons (Fsp3) is 0.324. The molecule has 1 aromatic heterocycles. The summed E-state index contributed by atoms with van der Waals surface area (Å²) in [6, 6.07) is 21.0. The number of carbonyl (C=O) groups excluding carboxylic acids is 3. The Kier molecular flexibility index (Phi) is 18.0. The van der Waals surface area contributed by atoms with Crippen molar-refractivity contribution in [1.29, 1.82) is 0 Å². The summed E-state index contributed by atoms with van der Waals surface area (Å²) in [4.78, 5) is 53.8. The van der Waals surface area contributed by atoms with Crippen LogP contribution in [0, 0.1) is 10.1 Å². The third-order valence-corrected chi connectivity index (χ3v) is 7.91. The van der Waals surface area contributed by atoms with E-state index in [1.807, 2.05) is 36.4 Å². The van der Waals surface area contributed by atoms with E-state index in [-0.39, 0.29) is 28.0 Å². The first-order valence-corrected chi connectivity index (χ1v) is 17.6. The number of nitrogens with zero attached hydrogens (tertiary/aromatic N) is 5. The van der Waals surface area contributed by atoms with Crippen molar-refractivity contribution >= 4 is 36.0 Å². The minimum absolute atomic E-state index is 0.0151. The predicted molar refractivity (Wildman–Crippen MR) is 203 cm³/mol. The SMILES string of the molecule is CCCCc1nc(Cl)c(C(=O)OC(C)OC)n1Cc1ccc(-c2ccccc2/C(N)=N/N(N)COC(=O)Oc2ccccc2CO[N+](=O)[O-])cc1.CCOC=O. The Balaban J connectivity index is 0.00000158. The lowest BCUT2D eigenvalue weighted by Gasteiger charge is -2.16. The molecule has 4 N–H and O–H groups in total. The molecular formula is C37H44ClN7O11. The molecule has 0 saturated heterocycles. The van der Waals surface area contributed by atoms with Gasteiger partial charge in [0.05, 0.1) is 6.61 Å². The minimum atomic E-state index is -1.13. The lowest BCUT2D eigenvalue weighted by Crippen LogP contribution is -2.33. The maximum Gasteiger partial charge on any atom is 0.515 e. The molecule has 1 atom stereocenters. The van der Waals surface area contributed by atoms with Crippen molar-refractivity contribution in [3.8, 4) is 16.9 Å². The summed E-state index contributed by atoms with van der Waals surface area (Å²) in [5.41, 5.74) is 9.75. The van der Waals surface area contributed by atoms with Gasteiger partial charge in [0.2, 0.25) is 0 Å². The van der Waals surface area contributed by atoms with Crippen LogP contribution in [0.5, 0.6) is 5.75 Å². The Labute approximate surface area is 327 Å². The molecule has 4 rings (SSSR count). The van der Waals surface area contributed by atoms with E-state index in [1.54, 1.807) is 42.7 Å². The zero-order chi connectivity index (χ0) is 41.0.